The van der Waals surface area contributed by atoms with Crippen LogP contribution in [-0.4, -0.2) is 34.5 Å². The largest absolute Gasteiger partial charge is 0.383 e. The highest BCUT2D eigenvalue weighted by Crippen LogP contribution is 2.47. The maximum Gasteiger partial charge on any atom is 0.216 e. The van der Waals surface area contributed by atoms with Gasteiger partial charge in [-0.15, -0.1) is 6.58 Å². The van der Waals surface area contributed by atoms with E-state index in [1.54, 1.807) is 6.07 Å². The number of aromatic nitrogens is 2. The van der Waals surface area contributed by atoms with Crippen LogP contribution in [0.15, 0.2) is 104 Å². The summed E-state index contributed by atoms with van der Waals surface area (Å²) in [6.07, 6.45) is 9.01. The van der Waals surface area contributed by atoms with E-state index in [1.807, 2.05) is 30.3 Å². The number of likely N-dealkylation sites (N-methyl/N-ethyl adjacent to an activating group) is 1. The van der Waals surface area contributed by atoms with Gasteiger partial charge in [0.25, 0.3) is 0 Å². The summed E-state index contributed by atoms with van der Waals surface area (Å²) in [5.41, 5.74) is 5.77. The van der Waals surface area contributed by atoms with Gasteiger partial charge in [-0.1, -0.05) is 74.2 Å². The topological polar surface area (TPSA) is 44.0 Å². The summed E-state index contributed by atoms with van der Waals surface area (Å²) in [4.78, 5) is 9.32. The summed E-state index contributed by atoms with van der Waals surface area (Å²) in [6, 6.07) is 25.0. The van der Waals surface area contributed by atoms with Gasteiger partial charge in [-0.3, -0.25) is 4.90 Å². The van der Waals surface area contributed by atoms with Crippen molar-refractivity contribution in [3.8, 4) is 0 Å². The summed E-state index contributed by atoms with van der Waals surface area (Å²) in [5, 5.41) is 4.71. The number of H-pyrrole nitrogens is 1. The third-order valence-corrected chi connectivity index (χ3v) is 7.64. The molecule has 204 valence electrons. The van der Waals surface area contributed by atoms with Gasteiger partial charge in [-0.05, 0) is 73.8 Å². The number of allylic oxidation sites excluding steroid dienone is 1. The smallest absolute Gasteiger partial charge is 0.216 e. The first kappa shape index (κ1) is 28.3. The number of benzene rings is 2. The monoisotopic (exact) mass is 524 g/mol. The fourth-order valence-electron chi connectivity index (χ4n) is 4.97. The zero-order chi connectivity index (χ0) is 27.7. The molecule has 1 saturated heterocycles. The predicted octanol–water partition coefficient (Wildman–Crippen LogP) is 7.55. The summed E-state index contributed by atoms with van der Waals surface area (Å²) >= 11 is 0. The van der Waals surface area contributed by atoms with E-state index < -0.39 is 0 Å². The molecule has 4 nitrogen and oxygen atoms in total. The molecule has 1 unspecified atom stereocenters. The summed E-state index contributed by atoms with van der Waals surface area (Å²) in [6.45, 7) is 12.0. The van der Waals surface area contributed by atoms with Crippen molar-refractivity contribution in [2.24, 2.45) is 0 Å². The van der Waals surface area contributed by atoms with E-state index in [0.717, 1.165) is 37.1 Å². The molecule has 2 aromatic heterocycles. The highest BCUT2D eigenvalue weighted by Gasteiger charge is 2.41. The average Bonchev–Trinajstić information content (AvgIpc) is 3.34. The van der Waals surface area contributed by atoms with E-state index in [1.165, 1.54) is 47.7 Å². The Morgan fingerprint density at radius 1 is 1.13 bits per heavy atom. The normalized spacial score (nSPS) is 17.4. The van der Waals surface area contributed by atoms with Gasteiger partial charge in [0.2, 0.25) is 5.95 Å². The van der Waals surface area contributed by atoms with Crippen LogP contribution in [-0.2, 0) is 18.4 Å². The number of hydrogen-bond donors (Lipinski definition) is 2. The van der Waals surface area contributed by atoms with E-state index in [0.29, 0.717) is 6.04 Å². The Morgan fingerprint density at radius 2 is 1.87 bits per heavy atom. The summed E-state index contributed by atoms with van der Waals surface area (Å²) in [5.74, 6) is -0.299. The van der Waals surface area contributed by atoms with E-state index >= 15 is 0 Å². The number of nitrogens with zero attached hydrogens (tertiary/aromatic N) is 2. The Kier molecular flexibility index (Phi) is 9.72. The minimum atomic E-state index is -0.299. The molecule has 1 aliphatic carbocycles. The molecular formula is C34H41FN4. The molecule has 1 saturated carbocycles. The van der Waals surface area contributed by atoms with Crippen LogP contribution in [0.5, 0.6) is 0 Å². The molecule has 1 atom stereocenters. The number of nitrogens with one attached hydrogen (secondary N) is 2. The van der Waals surface area contributed by atoms with Crippen molar-refractivity contribution in [2.45, 2.75) is 57.0 Å². The molecule has 4 aromatic rings. The molecule has 39 heavy (non-hydrogen) atoms. The van der Waals surface area contributed by atoms with Crippen molar-refractivity contribution in [3.05, 3.63) is 127 Å². The zero-order valence-electron chi connectivity index (χ0n) is 23.3. The molecule has 3 heterocycles. The average molecular weight is 525 g/mol. The third-order valence-electron chi connectivity index (χ3n) is 7.64. The molecule has 0 spiro atoms. The highest BCUT2D eigenvalue weighted by molar-refractivity contribution is 5.80. The molecule has 1 aliphatic heterocycles. The quantitative estimate of drug-likeness (QED) is 0.194. The number of pyridine rings is 1. The zero-order valence-corrected chi connectivity index (χ0v) is 23.3. The van der Waals surface area contributed by atoms with Gasteiger partial charge in [0.15, 0.2) is 0 Å². The van der Waals surface area contributed by atoms with Gasteiger partial charge in [-0.25, -0.2) is 4.98 Å². The number of para-hydroxylation sites is 1. The lowest BCUT2D eigenvalue weighted by molar-refractivity contribution is 0.334. The molecule has 6 rings (SSSR count). The van der Waals surface area contributed by atoms with Gasteiger partial charge in [-0.2, -0.15) is 4.39 Å². The fraction of sp³-hybridized carbons (Fsp3) is 0.324. The molecule has 5 heteroatoms. The molecule has 2 fully saturated rings. The van der Waals surface area contributed by atoms with Gasteiger partial charge in [0, 0.05) is 47.7 Å². The molecule has 0 bridgehead atoms. The lowest BCUT2D eigenvalue weighted by Gasteiger charge is -2.22. The Bertz CT molecular complexity index is 1320. The van der Waals surface area contributed by atoms with Crippen LogP contribution >= 0.6 is 0 Å². The number of likely N-dealkylation sites (tertiary alicyclic amines) is 1. The van der Waals surface area contributed by atoms with Crippen molar-refractivity contribution < 1.29 is 4.39 Å². The fourth-order valence-corrected chi connectivity index (χ4v) is 4.97. The molecule has 2 aliphatic rings. The van der Waals surface area contributed by atoms with Crippen molar-refractivity contribution in [1.29, 1.82) is 0 Å². The van der Waals surface area contributed by atoms with E-state index in [2.05, 4.69) is 89.8 Å². The first-order valence-electron chi connectivity index (χ1n) is 13.8. The summed E-state index contributed by atoms with van der Waals surface area (Å²) < 4.78 is 13.0. The van der Waals surface area contributed by atoms with Gasteiger partial charge in [0.05, 0.1) is 0 Å². The molecule has 2 aromatic carbocycles. The van der Waals surface area contributed by atoms with Crippen molar-refractivity contribution >= 4 is 10.9 Å². The number of halogens is 1. The van der Waals surface area contributed by atoms with Crippen LogP contribution in [0.4, 0.5) is 4.39 Å². The van der Waals surface area contributed by atoms with Crippen molar-refractivity contribution in [1.82, 2.24) is 20.2 Å². The first-order chi connectivity index (χ1) is 18.9. The van der Waals surface area contributed by atoms with E-state index in [9.17, 15) is 4.39 Å². The van der Waals surface area contributed by atoms with Crippen LogP contribution in [0.3, 0.4) is 0 Å². The van der Waals surface area contributed by atoms with Gasteiger partial charge < -0.3 is 10.3 Å². The second kappa shape index (κ2) is 13.4. The Morgan fingerprint density at radius 3 is 2.51 bits per heavy atom. The van der Waals surface area contributed by atoms with Gasteiger partial charge in [0.1, 0.15) is 0 Å². The number of rotatable bonds is 7. The second-order valence-electron chi connectivity index (χ2n) is 10.8. The molecule has 0 radical (unpaired) electrons. The Balaban J connectivity index is 0.000000139. The minimum absolute atomic E-state index is 0.0956. The number of hydrogen-bond acceptors (Lipinski definition) is 3. The number of aromatic amines is 1. The van der Waals surface area contributed by atoms with Crippen molar-refractivity contribution in [3.63, 3.8) is 0 Å². The van der Waals surface area contributed by atoms with Crippen LogP contribution in [0.2, 0.25) is 0 Å². The molecule has 0 amide bonds. The van der Waals surface area contributed by atoms with Crippen LogP contribution in [0.25, 0.3) is 10.9 Å². The predicted molar refractivity (Wildman–Crippen MR) is 161 cm³/mol. The standard InChI is InChI=1S/C14H20N2.C11H11N.C9H10FN/c1-12(14-9-6-10-16(14)2)15-11-13-7-4-3-5-8-13;1-2-5-10-8-9-6-3-4-7-11(9)12-10;1-9(4-5-9)7-3-2-6-11-8(7)10/h3-5,7-8,14-15H,1,6,9-11H2,2H3;2-4,6-8,12H,1,5H2;2-3,6H,4-5H2,1H3. The van der Waals surface area contributed by atoms with Crippen LogP contribution in [0.1, 0.15) is 49.4 Å². The van der Waals surface area contributed by atoms with Crippen LogP contribution in [0, 0.1) is 5.95 Å². The van der Waals surface area contributed by atoms with E-state index in [4.69, 9.17) is 0 Å². The first-order valence-corrected chi connectivity index (χ1v) is 13.8. The highest BCUT2D eigenvalue weighted by atomic mass is 19.1. The third kappa shape index (κ3) is 7.90. The summed E-state index contributed by atoms with van der Waals surface area (Å²) in [7, 11) is 2.17. The lowest BCUT2D eigenvalue weighted by Crippen LogP contribution is -2.32. The Labute approximate surface area is 232 Å². The molecule has 2 N–H and O–H groups in total. The second-order valence-corrected chi connectivity index (χ2v) is 10.8. The minimum Gasteiger partial charge on any atom is -0.383 e. The van der Waals surface area contributed by atoms with Crippen LogP contribution < -0.4 is 5.32 Å². The van der Waals surface area contributed by atoms with Crippen molar-refractivity contribution in [2.75, 3.05) is 13.6 Å². The maximum absolute atomic E-state index is 13.0. The number of fused-ring (bicyclic) bond motifs is 1. The van der Waals surface area contributed by atoms with Gasteiger partial charge >= 0.3 is 0 Å². The maximum atomic E-state index is 13.0. The SMILES string of the molecule is C=C(NCc1ccccc1)C1CCCN1C.C=CCc1cc2ccccc2[nH]1.CC1(c2cccnc2F)CC1. The Hall–Kier alpha value is -3.70. The lowest BCUT2D eigenvalue weighted by atomic mass is 10.0. The van der Waals surface area contributed by atoms with E-state index in [-0.39, 0.29) is 11.4 Å². The molecular weight excluding hydrogens is 483 g/mol.